The van der Waals surface area contributed by atoms with E-state index in [0.29, 0.717) is 22.7 Å². The lowest BCUT2D eigenvalue weighted by atomic mass is 10.1. The quantitative estimate of drug-likeness (QED) is 0.527. The summed E-state index contributed by atoms with van der Waals surface area (Å²) >= 11 is 5.92. The maximum Gasteiger partial charge on any atom is 0.319 e. The van der Waals surface area contributed by atoms with Crippen LogP contribution in [0.2, 0.25) is 5.02 Å². The molecule has 2 amide bonds. The number of nitrogens with one attached hydrogen (secondary N) is 2. The van der Waals surface area contributed by atoms with Crippen LogP contribution in [0.1, 0.15) is 28.9 Å². The molecule has 30 heavy (non-hydrogen) atoms. The molecule has 0 saturated heterocycles. The van der Waals surface area contributed by atoms with Crippen molar-refractivity contribution in [1.29, 1.82) is 5.26 Å². The Morgan fingerprint density at radius 1 is 1.17 bits per heavy atom. The van der Waals surface area contributed by atoms with Gasteiger partial charge in [0.05, 0.1) is 17.7 Å². The van der Waals surface area contributed by atoms with Crippen molar-refractivity contribution in [1.82, 2.24) is 15.5 Å². The van der Waals surface area contributed by atoms with E-state index in [4.69, 9.17) is 26.5 Å². The number of nitriles is 1. The van der Waals surface area contributed by atoms with Gasteiger partial charge in [-0.05, 0) is 42.0 Å². The molecule has 152 valence electrons. The van der Waals surface area contributed by atoms with Gasteiger partial charge in [0.2, 0.25) is 5.89 Å². The summed E-state index contributed by atoms with van der Waals surface area (Å²) in [6.07, 6.45) is -0.0951. The Hall–Kier alpha value is -3.90. The largest absolute Gasteiger partial charge is 0.481 e. The second-order valence-electron chi connectivity index (χ2n) is 6.29. The van der Waals surface area contributed by atoms with Gasteiger partial charge in [-0.2, -0.15) is 10.2 Å². The molecule has 1 aromatic heterocycles. The van der Waals surface area contributed by atoms with Gasteiger partial charge < -0.3 is 20.3 Å². The lowest BCUT2D eigenvalue weighted by molar-refractivity contribution is -0.136. The van der Waals surface area contributed by atoms with Crippen LogP contribution in [-0.2, 0) is 17.6 Å². The molecule has 0 unspecified atom stereocenters. The topological polar surface area (TPSA) is 141 Å². The van der Waals surface area contributed by atoms with Crippen LogP contribution in [0.5, 0.6) is 0 Å². The maximum absolute atomic E-state index is 12.5. The molecule has 0 aliphatic carbocycles. The summed E-state index contributed by atoms with van der Waals surface area (Å²) in [4.78, 5) is 27.4. The van der Waals surface area contributed by atoms with Crippen molar-refractivity contribution in [3.05, 3.63) is 76.4 Å². The summed E-state index contributed by atoms with van der Waals surface area (Å²) in [5, 5.41) is 27.5. The van der Waals surface area contributed by atoms with E-state index in [2.05, 4.69) is 20.8 Å². The predicted octanol–water partition coefficient (Wildman–Crippen LogP) is 3.33. The van der Waals surface area contributed by atoms with Crippen molar-refractivity contribution in [2.75, 3.05) is 5.32 Å². The number of anilines is 1. The number of carbonyl (C=O) groups is 2. The molecule has 1 heterocycles. The van der Waals surface area contributed by atoms with Gasteiger partial charge in [-0.1, -0.05) is 28.9 Å². The van der Waals surface area contributed by atoms with Gasteiger partial charge in [0.1, 0.15) is 6.42 Å². The van der Waals surface area contributed by atoms with Crippen LogP contribution in [0, 0.1) is 11.3 Å². The molecule has 0 aliphatic rings. The molecule has 9 nitrogen and oxygen atoms in total. The molecule has 0 saturated carbocycles. The van der Waals surface area contributed by atoms with E-state index >= 15 is 0 Å². The smallest absolute Gasteiger partial charge is 0.319 e. The summed E-state index contributed by atoms with van der Waals surface area (Å²) < 4.78 is 4.97. The van der Waals surface area contributed by atoms with Gasteiger partial charge >= 0.3 is 12.0 Å². The first-order valence-electron chi connectivity index (χ1n) is 8.79. The third-order valence-electron chi connectivity index (χ3n) is 4.03. The second kappa shape index (κ2) is 9.54. The molecule has 0 bridgehead atoms. The molecule has 0 spiro atoms. The van der Waals surface area contributed by atoms with Gasteiger partial charge in [-0.3, -0.25) is 4.79 Å². The van der Waals surface area contributed by atoms with Crippen LogP contribution in [-0.4, -0.2) is 27.2 Å². The van der Waals surface area contributed by atoms with Crippen LogP contribution < -0.4 is 10.6 Å². The van der Waals surface area contributed by atoms with E-state index in [0.717, 1.165) is 5.56 Å². The van der Waals surface area contributed by atoms with Crippen molar-refractivity contribution >= 4 is 29.3 Å². The molecule has 3 N–H and O–H groups in total. The van der Waals surface area contributed by atoms with E-state index in [-0.39, 0.29) is 11.7 Å². The molecule has 2 aromatic carbocycles. The second-order valence-corrected chi connectivity index (χ2v) is 6.72. The molecule has 3 rings (SSSR count). The zero-order chi connectivity index (χ0) is 21.5. The Labute approximate surface area is 176 Å². The molecule has 0 fully saturated rings. The number of halogens is 1. The fourth-order valence-corrected chi connectivity index (χ4v) is 2.75. The third kappa shape index (κ3) is 5.80. The minimum absolute atomic E-state index is 0.0621. The minimum atomic E-state index is -1.11. The van der Waals surface area contributed by atoms with Crippen LogP contribution in [0.4, 0.5) is 10.5 Å². The fraction of sp³-hybridized carbons (Fsp3) is 0.150. The summed E-state index contributed by atoms with van der Waals surface area (Å²) in [7, 11) is 0. The van der Waals surface area contributed by atoms with Gasteiger partial charge in [0.15, 0.2) is 5.82 Å². The SMILES string of the molecule is N#Cc1ccc(NC(=O)N[C@@H](Cc2ccc(Cl)cc2)c2noc(CC(=O)O)n2)cc1. The molecule has 0 radical (unpaired) electrons. The zero-order valence-corrected chi connectivity index (χ0v) is 16.3. The first-order chi connectivity index (χ1) is 14.4. The minimum Gasteiger partial charge on any atom is -0.481 e. The lowest BCUT2D eigenvalue weighted by Crippen LogP contribution is -2.34. The molecule has 1 atom stereocenters. The number of aromatic nitrogens is 2. The lowest BCUT2D eigenvalue weighted by Gasteiger charge is -2.16. The Bertz CT molecular complexity index is 1070. The summed E-state index contributed by atoms with van der Waals surface area (Å²) in [5.74, 6) is -1.02. The van der Waals surface area contributed by atoms with Crippen LogP contribution in [0.15, 0.2) is 53.1 Å². The van der Waals surface area contributed by atoms with Crippen LogP contribution >= 0.6 is 11.6 Å². The Balaban J connectivity index is 1.76. The Kier molecular flexibility index (Phi) is 6.62. The highest BCUT2D eigenvalue weighted by molar-refractivity contribution is 6.30. The number of carbonyl (C=O) groups excluding carboxylic acids is 1. The van der Waals surface area contributed by atoms with Gasteiger partial charge in [0.25, 0.3) is 0 Å². The van der Waals surface area contributed by atoms with E-state index in [1.165, 1.54) is 0 Å². The molecule has 0 aliphatic heterocycles. The van der Waals surface area contributed by atoms with Crippen molar-refractivity contribution in [2.45, 2.75) is 18.9 Å². The van der Waals surface area contributed by atoms with Crippen molar-refractivity contribution in [3.63, 3.8) is 0 Å². The summed E-state index contributed by atoms with van der Waals surface area (Å²) in [6, 6.07) is 14.2. The van der Waals surface area contributed by atoms with E-state index in [1.54, 1.807) is 48.5 Å². The first-order valence-corrected chi connectivity index (χ1v) is 9.17. The highest BCUT2D eigenvalue weighted by Gasteiger charge is 2.22. The zero-order valence-electron chi connectivity index (χ0n) is 15.5. The van der Waals surface area contributed by atoms with Crippen molar-refractivity contribution < 1.29 is 19.2 Å². The molecule has 3 aromatic rings. The fourth-order valence-electron chi connectivity index (χ4n) is 2.63. The maximum atomic E-state index is 12.5. The number of urea groups is 1. The van der Waals surface area contributed by atoms with Crippen molar-refractivity contribution in [2.24, 2.45) is 0 Å². The highest BCUT2D eigenvalue weighted by atomic mass is 35.5. The number of nitrogens with zero attached hydrogens (tertiary/aromatic N) is 3. The number of benzene rings is 2. The van der Waals surface area contributed by atoms with Crippen LogP contribution in [0.25, 0.3) is 0 Å². The Morgan fingerprint density at radius 3 is 2.50 bits per heavy atom. The van der Waals surface area contributed by atoms with Gasteiger partial charge in [0, 0.05) is 17.1 Å². The molecular formula is C20H16ClN5O4. The van der Waals surface area contributed by atoms with E-state index in [9.17, 15) is 9.59 Å². The van der Waals surface area contributed by atoms with Crippen molar-refractivity contribution in [3.8, 4) is 6.07 Å². The number of carboxylic acid groups (broad SMARTS) is 1. The average Bonchev–Trinajstić information content (AvgIpc) is 3.17. The standard InChI is InChI=1S/C20H16ClN5O4/c21-14-5-1-12(2-6-14)9-16(19-25-17(30-26-19)10-18(27)28)24-20(29)23-15-7-3-13(11-22)4-8-15/h1-8,16H,9-10H2,(H,27,28)(H2,23,24,29)/t16-/m0/s1. The van der Waals surface area contributed by atoms with E-state index < -0.39 is 24.5 Å². The number of carboxylic acids is 1. The molecular weight excluding hydrogens is 410 g/mol. The number of amides is 2. The number of rotatable bonds is 7. The predicted molar refractivity (Wildman–Crippen MR) is 107 cm³/mol. The Morgan fingerprint density at radius 2 is 1.87 bits per heavy atom. The van der Waals surface area contributed by atoms with Gasteiger partial charge in [-0.15, -0.1) is 0 Å². The van der Waals surface area contributed by atoms with Gasteiger partial charge in [-0.25, -0.2) is 4.79 Å². The number of hydrogen-bond donors (Lipinski definition) is 3. The normalized spacial score (nSPS) is 11.3. The van der Waals surface area contributed by atoms with E-state index in [1.807, 2.05) is 6.07 Å². The molecule has 10 heteroatoms. The van der Waals surface area contributed by atoms with Crippen LogP contribution in [0.3, 0.4) is 0 Å². The first kappa shape index (κ1) is 20.8. The summed E-state index contributed by atoms with van der Waals surface area (Å²) in [5.41, 5.74) is 1.82. The monoisotopic (exact) mass is 425 g/mol. The highest BCUT2D eigenvalue weighted by Crippen LogP contribution is 2.19. The summed E-state index contributed by atoms with van der Waals surface area (Å²) in [6.45, 7) is 0. The number of aliphatic carboxylic acids is 1. The number of hydrogen-bond acceptors (Lipinski definition) is 6. The average molecular weight is 426 g/mol. The third-order valence-corrected chi connectivity index (χ3v) is 4.28.